The Morgan fingerprint density at radius 2 is 1.83 bits per heavy atom. The first-order valence-corrected chi connectivity index (χ1v) is 6.48. The standard InChI is InChI=1S/C16H22O2/c1-13(2)16(17)18-12-6-4-5-7-15-10-8-14(3)9-11-15/h8-11H,1,4-7,12H2,2-3H3. The molecule has 0 fully saturated rings. The van der Waals surface area contributed by atoms with Crippen molar-refractivity contribution in [3.05, 3.63) is 47.5 Å². The van der Waals surface area contributed by atoms with E-state index in [4.69, 9.17) is 4.74 Å². The first-order valence-electron chi connectivity index (χ1n) is 6.48. The normalized spacial score (nSPS) is 10.1. The van der Waals surface area contributed by atoms with E-state index in [-0.39, 0.29) is 5.97 Å². The number of hydrogen-bond donors (Lipinski definition) is 0. The van der Waals surface area contributed by atoms with Gasteiger partial charge in [-0.1, -0.05) is 36.4 Å². The molecule has 0 N–H and O–H groups in total. The predicted molar refractivity (Wildman–Crippen MR) is 74.5 cm³/mol. The van der Waals surface area contributed by atoms with E-state index in [2.05, 4.69) is 37.8 Å². The molecule has 0 saturated heterocycles. The maximum absolute atomic E-state index is 11.1. The van der Waals surface area contributed by atoms with Crippen LogP contribution in [-0.4, -0.2) is 12.6 Å². The molecule has 1 aromatic rings. The fraction of sp³-hybridized carbons (Fsp3) is 0.438. The molecule has 0 aromatic heterocycles. The summed E-state index contributed by atoms with van der Waals surface area (Å²) in [5.41, 5.74) is 3.14. The summed E-state index contributed by atoms with van der Waals surface area (Å²) in [7, 11) is 0. The van der Waals surface area contributed by atoms with E-state index in [9.17, 15) is 4.79 Å². The minimum atomic E-state index is -0.284. The van der Waals surface area contributed by atoms with Gasteiger partial charge in [-0.2, -0.15) is 0 Å². The van der Waals surface area contributed by atoms with Crippen molar-refractivity contribution < 1.29 is 9.53 Å². The van der Waals surface area contributed by atoms with Crippen molar-refractivity contribution in [2.45, 2.75) is 39.5 Å². The largest absolute Gasteiger partial charge is 0.462 e. The number of rotatable bonds is 7. The summed E-state index contributed by atoms with van der Waals surface area (Å²) in [5, 5.41) is 0. The Bertz CT molecular complexity index is 390. The highest BCUT2D eigenvalue weighted by molar-refractivity contribution is 5.86. The van der Waals surface area contributed by atoms with Gasteiger partial charge < -0.3 is 4.74 Å². The number of carbonyl (C=O) groups is 1. The Morgan fingerprint density at radius 1 is 1.17 bits per heavy atom. The molecule has 0 aliphatic heterocycles. The number of unbranched alkanes of at least 4 members (excludes halogenated alkanes) is 2. The number of ether oxygens (including phenoxy) is 1. The number of esters is 1. The van der Waals surface area contributed by atoms with Crippen molar-refractivity contribution in [2.75, 3.05) is 6.61 Å². The van der Waals surface area contributed by atoms with Gasteiger partial charge in [0.1, 0.15) is 0 Å². The first-order chi connectivity index (χ1) is 8.59. The average molecular weight is 246 g/mol. The molecule has 1 aromatic carbocycles. The second-order valence-electron chi connectivity index (χ2n) is 4.71. The molecule has 0 bridgehead atoms. The number of carbonyl (C=O) groups excluding carboxylic acids is 1. The van der Waals surface area contributed by atoms with Gasteiger partial charge in [-0.05, 0) is 45.1 Å². The molecule has 1 rings (SSSR count). The van der Waals surface area contributed by atoms with Gasteiger partial charge in [0.15, 0.2) is 0 Å². The second kappa shape index (κ2) is 7.70. The molecule has 98 valence electrons. The fourth-order valence-electron chi connectivity index (χ4n) is 1.65. The maximum Gasteiger partial charge on any atom is 0.333 e. The molecule has 2 heteroatoms. The monoisotopic (exact) mass is 246 g/mol. The van der Waals surface area contributed by atoms with Crippen molar-refractivity contribution in [3.8, 4) is 0 Å². The van der Waals surface area contributed by atoms with Crippen molar-refractivity contribution in [2.24, 2.45) is 0 Å². The zero-order chi connectivity index (χ0) is 13.4. The van der Waals surface area contributed by atoms with Crippen LogP contribution in [0.2, 0.25) is 0 Å². The van der Waals surface area contributed by atoms with E-state index in [1.807, 2.05) is 0 Å². The van der Waals surface area contributed by atoms with Gasteiger partial charge in [0.05, 0.1) is 6.61 Å². The molecule has 0 heterocycles. The maximum atomic E-state index is 11.1. The van der Waals surface area contributed by atoms with Gasteiger partial charge >= 0.3 is 5.97 Å². The van der Waals surface area contributed by atoms with Crippen LogP contribution in [0.1, 0.15) is 37.3 Å². The third kappa shape index (κ3) is 5.67. The summed E-state index contributed by atoms with van der Waals surface area (Å²) < 4.78 is 5.03. The number of aryl methyl sites for hydroxylation is 2. The Morgan fingerprint density at radius 3 is 2.44 bits per heavy atom. The molecule has 0 aliphatic rings. The Kier molecular flexibility index (Phi) is 6.20. The molecule has 0 amide bonds. The van der Waals surface area contributed by atoms with Crippen LogP contribution in [0.4, 0.5) is 0 Å². The molecule has 18 heavy (non-hydrogen) atoms. The fourth-order valence-corrected chi connectivity index (χ4v) is 1.65. The lowest BCUT2D eigenvalue weighted by molar-refractivity contribution is -0.139. The van der Waals surface area contributed by atoms with Crippen LogP contribution in [0.3, 0.4) is 0 Å². The summed E-state index contributed by atoms with van der Waals surface area (Å²) in [4.78, 5) is 11.1. The average Bonchev–Trinajstić information content (AvgIpc) is 2.35. The molecule has 0 atom stereocenters. The molecule has 0 spiro atoms. The number of hydrogen-bond acceptors (Lipinski definition) is 2. The van der Waals surface area contributed by atoms with E-state index in [1.54, 1.807) is 6.92 Å². The molecule has 0 aliphatic carbocycles. The van der Waals surface area contributed by atoms with Crippen molar-refractivity contribution in [1.82, 2.24) is 0 Å². The van der Waals surface area contributed by atoms with E-state index in [0.29, 0.717) is 12.2 Å². The van der Waals surface area contributed by atoms with Gasteiger partial charge in [0.25, 0.3) is 0 Å². The highest BCUT2D eigenvalue weighted by atomic mass is 16.5. The first kappa shape index (κ1) is 14.5. The second-order valence-corrected chi connectivity index (χ2v) is 4.71. The topological polar surface area (TPSA) is 26.3 Å². The van der Waals surface area contributed by atoms with E-state index in [1.165, 1.54) is 11.1 Å². The van der Waals surface area contributed by atoms with Crippen molar-refractivity contribution in [3.63, 3.8) is 0 Å². The molecular weight excluding hydrogens is 224 g/mol. The smallest absolute Gasteiger partial charge is 0.333 e. The summed E-state index contributed by atoms with van der Waals surface area (Å²) in [6.07, 6.45) is 4.23. The van der Waals surface area contributed by atoms with Gasteiger partial charge in [0.2, 0.25) is 0 Å². The van der Waals surface area contributed by atoms with E-state index in [0.717, 1.165) is 25.7 Å². The molecule has 0 saturated carbocycles. The summed E-state index contributed by atoms with van der Waals surface area (Å²) in [5.74, 6) is -0.284. The SMILES string of the molecule is C=C(C)C(=O)OCCCCCc1ccc(C)cc1. The minimum Gasteiger partial charge on any atom is -0.462 e. The van der Waals surface area contributed by atoms with Gasteiger partial charge in [-0.3, -0.25) is 0 Å². The molecule has 0 radical (unpaired) electrons. The zero-order valence-electron chi connectivity index (χ0n) is 11.4. The third-order valence-corrected chi connectivity index (χ3v) is 2.81. The Balaban J connectivity index is 2.07. The van der Waals surface area contributed by atoms with Crippen LogP contribution in [0.5, 0.6) is 0 Å². The third-order valence-electron chi connectivity index (χ3n) is 2.81. The van der Waals surface area contributed by atoms with Crippen LogP contribution >= 0.6 is 0 Å². The van der Waals surface area contributed by atoms with Crippen LogP contribution in [-0.2, 0) is 16.0 Å². The highest BCUT2D eigenvalue weighted by Crippen LogP contribution is 2.08. The van der Waals surface area contributed by atoms with Crippen LogP contribution in [0, 0.1) is 6.92 Å². The Hall–Kier alpha value is -1.57. The quantitative estimate of drug-likeness (QED) is 0.415. The van der Waals surface area contributed by atoms with Gasteiger partial charge in [-0.25, -0.2) is 4.79 Å². The Labute approximate surface area is 110 Å². The van der Waals surface area contributed by atoms with Gasteiger partial charge in [0, 0.05) is 5.57 Å². The summed E-state index contributed by atoms with van der Waals surface area (Å²) >= 11 is 0. The van der Waals surface area contributed by atoms with E-state index >= 15 is 0 Å². The van der Waals surface area contributed by atoms with Crippen molar-refractivity contribution in [1.29, 1.82) is 0 Å². The van der Waals surface area contributed by atoms with Crippen LogP contribution in [0.15, 0.2) is 36.4 Å². The zero-order valence-corrected chi connectivity index (χ0v) is 11.4. The molecule has 2 nitrogen and oxygen atoms in total. The summed E-state index contributed by atoms with van der Waals surface area (Å²) in [6.45, 7) is 7.81. The van der Waals surface area contributed by atoms with Gasteiger partial charge in [-0.15, -0.1) is 0 Å². The van der Waals surface area contributed by atoms with Crippen LogP contribution < -0.4 is 0 Å². The van der Waals surface area contributed by atoms with E-state index < -0.39 is 0 Å². The highest BCUT2D eigenvalue weighted by Gasteiger charge is 2.01. The molecule has 0 unspecified atom stereocenters. The summed E-state index contributed by atoms with van der Waals surface area (Å²) in [6, 6.07) is 8.64. The van der Waals surface area contributed by atoms with Crippen LogP contribution in [0.25, 0.3) is 0 Å². The lowest BCUT2D eigenvalue weighted by Gasteiger charge is -2.04. The van der Waals surface area contributed by atoms with Crippen molar-refractivity contribution >= 4 is 5.97 Å². The predicted octanol–water partition coefficient (Wildman–Crippen LogP) is 3.83. The molecular formula is C16H22O2. The lowest BCUT2D eigenvalue weighted by atomic mass is 10.1. The lowest BCUT2D eigenvalue weighted by Crippen LogP contribution is -2.06. The number of benzene rings is 1. The minimum absolute atomic E-state index is 0.284.